The summed E-state index contributed by atoms with van der Waals surface area (Å²) in [4.78, 5) is 11.9. The number of methoxy groups -OCH3 is 1. The molecule has 2 N–H and O–H groups in total. The number of hydrogen-bond donors (Lipinski definition) is 2. The van der Waals surface area contributed by atoms with Gasteiger partial charge in [-0.25, -0.2) is 0 Å². The highest BCUT2D eigenvalue weighted by atomic mass is 16.5. The van der Waals surface area contributed by atoms with E-state index in [1.54, 1.807) is 37.5 Å². The summed E-state index contributed by atoms with van der Waals surface area (Å²) in [5.41, 5.74) is 2.23. The summed E-state index contributed by atoms with van der Waals surface area (Å²) in [6.45, 7) is -0.0548. The molecule has 21 heavy (non-hydrogen) atoms. The third-order valence-corrected chi connectivity index (χ3v) is 2.93. The Hall–Kier alpha value is -2.59. The highest BCUT2D eigenvalue weighted by Crippen LogP contribution is 2.18. The van der Waals surface area contributed by atoms with Gasteiger partial charge >= 0.3 is 0 Å². The minimum absolute atomic E-state index is 0.0548. The topological polar surface area (TPSA) is 58.6 Å². The van der Waals surface area contributed by atoms with Crippen molar-refractivity contribution in [2.45, 2.75) is 6.61 Å². The maximum Gasteiger partial charge on any atom is 0.248 e. The van der Waals surface area contributed by atoms with Gasteiger partial charge in [-0.1, -0.05) is 30.3 Å². The van der Waals surface area contributed by atoms with Crippen molar-refractivity contribution in [2.24, 2.45) is 0 Å². The number of hydrogen-bond acceptors (Lipinski definition) is 3. The Kier molecular flexibility index (Phi) is 5.12. The summed E-state index contributed by atoms with van der Waals surface area (Å²) in [5, 5.41) is 11.8. The minimum Gasteiger partial charge on any atom is -0.496 e. The Morgan fingerprint density at radius 1 is 1.24 bits per heavy atom. The number of benzene rings is 2. The molecular formula is C17H17NO3. The van der Waals surface area contributed by atoms with Gasteiger partial charge in [0.1, 0.15) is 5.75 Å². The molecule has 0 aliphatic carbocycles. The van der Waals surface area contributed by atoms with Gasteiger partial charge in [0.25, 0.3) is 0 Å². The second-order valence-corrected chi connectivity index (χ2v) is 4.42. The Morgan fingerprint density at radius 3 is 2.81 bits per heavy atom. The van der Waals surface area contributed by atoms with Crippen LogP contribution in [0.2, 0.25) is 0 Å². The first-order chi connectivity index (χ1) is 10.2. The van der Waals surface area contributed by atoms with Crippen molar-refractivity contribution in [1.29, 1.82) is 0 Å². The number of anilines is 1. The number of aliphatic hydroxyl groups excluding tert-OH is 1. The van der Waals surface area contributed by atoms with Gasteiger partial charge in [0.05, 0.1) is 13.7 Å². The van der Waals surface area contributed by atoms with Crippen LogP contribution in [-0.2, 0) is 11.4 Å². The summed E-state index contributed by atoms with van der Waals surface area (Å²) in [5.74, 6) is 0.472. The maximum absolute atomic E-state index is 11.9. The number of carbonyl (C=O) groups excluding carboxylic acids is 1. The molecule has 2 rings (SSSR count). The van der Waals surface area contributed by atoms with Gasteiger partial charge in [-0.2, -0.15) is 0 Å². The van der Waals surface area contributed by atoms with Crippen LogP contribution in [0.15, 0.2) is 54.6 Å². The summed E-state index contributed by atoms with van der Waals surface area (Å²) >= 11 is 0. The molecule has 0 radical (unpaired) electrons. The van der Waals surface area contributed by atoms with Crippen molar-refractivity contribution < 1.29 is 14.6 Å². The van der Waals surface area contributed by atoms with Crippen molar-refractivity contribution in [3.63, 3.8) is 0 Å². The van der Waals surface area contributed by atoms with Crippen molar-refractivity contribution in [3.8, 4) is 5.75 Å². The number of amides is 1. The van der Waals surface area contributed by atoms with Gasteiger partial charge < -0.3 is 15.2 Å². The Balaban J connectivity index is 2.05. The molecule has 2 aromatic carbocycles. The minimum atomic E-state index is -0.240. The number of rotatable bonds is 5. The van der Waals surface area contributed by atoms with Crippen molar-refractivity contribution in [1.82, 2.24) is 0 Å². The Labute approximate surface area is 123 Å². The summed E-state index contributed by atoms with van der Waals surface area (Å²) in [6, 6.07) is 14.5. The highest BCUT2D eigenvalue weighted by Gasteiger charge is 2.01. The molecule has 0 aromatic heterocycles. The quantitative estimate of drug-likeness (QED) is 0.830. The number of nitrogens with one attached hydrogen (secondary N) is 1. The second kappa shape index (κ2) is 7.26. The lowest BCUT2D eigenvalue weighted by Crippen LogP contribution is -2.07. The second-order valence-electron chi connectivity index (χ2n) is 4.42. The van der Waals surface area contributed by atoms with Crippen molar-refractivity contribution >= 4 is 17.7 Å². The van der Waals surface area contributed by atoms with E-state index in [0.717, 1.165) is 11.1 Å². The number of carbonyl (C=O) groups is 1. The number of aliphatic hydroxyl groups is 1. The summed E-state index contributed by atoms with van der Waals surface area (Å²) in [6.07, 6.45) is 3.15. The predicted molar refractivity (Wildman–Crippen MR) is 83.0 cm³/mol. The van der Waals surface area contributed by atoms with Crippen LogP contribution in [0, 0.1) is 0 Å². The molecule has 0 spiro atoms. The molecule has 2 aromatic rings. The molecular weight excluding hydrogens is 266 g/mol. The van der Waals surface area contributed by atoms with Crippen LogP contribution in [-0.4, -0.2) is 18.1 Å². The van der Waals surface area contributed by atoms with Gasteiger partial charge in [0, 0.05) is 17.3 Å². The third kappa shape index (κ3) is 4.19. The van der Waals surface area contributed by atoms with E-state index in [0.29, 0.717) is 11.4 Å². The molecule has 0 saturated heterocycles. The molecule has 0 aliphatic heterocycles. The SMILES string of the molecule is COc1ccccc1/C=C/C(=O)Nc1cccc(CO)c1. The molecule has 1 amide bonds. The van der Waals surface area contributed by atoms with Gasteiger partial charge in [-0.05, 0) is 29.8 Å². The van der Waals surface area contributed by atoms with Crippen LogP contribution < -0.4 is 10.1 Å². The van der Waals surface area contributed by atoms with E-state index in [9.17, 15) is 4.79 Å². The molecule has 4 heteroatoms. The zero-order chi connectivity index (χ0) is 15.1. The Bertz CT molecular complexity index is 650. The largest absolute Gasteiger partial charge is 0.496 e. The van der Waals surface area contributed by atoms with Gasteiger partial charge in [0.15, 0.2) is 0 Å². The molecule has 0 aliphatic rings. The zero-order valence-electron chi connectivity index (χ0n) is 11.7. The number of para-hydroxylation sites is 1. The van der Waals surface area contributed by atoms with E-state index in [4.69, 9.17) is 9.84 Å². The van der Waals surface area contributed by atoms with Crippen LogP contribution in [0.3, 0.4) is 0 Å². The van der Waals surface area contributed by atoms with Crippen LogP contribution >= 0.6 is 0 Å². The van der Waals surface area contributed by atoms with Crippen LogP contribution in [0.1, 0.15) is 11.1 Å². The van der Waals surface area contributed by atoms with E-state index in [2.05, 4.69) is 5.32 Å². The molecule has 0 heterocycles. The van der Waals surface area contributed by atoms with E-state index in [1.165, 1.54) is 6.08 Å². The maximum atomic E-state index is 11.9. The first-order valence-electron chi connectivity index (χ1n) is 6.55. The molecule has 0 fully saturated rings. The summed E-state index contributed by atoms with van der Waals surface area (Å²) in [7, 11) is 1.59. The molecule has 0 atom stereocenters. The average Bonchev–Trinajstić information content (AvgIpc) is 2.53. The fraction of sp³-hybridized carbons (Fsp3) is 0.118. The van der Waals surface area contributed by atoms with E-state index >= 15 is 0 Å². The first kappa shape index (κ1) is 14.8. The molecule has 0 saturated carbocycles. The zero-order valence-corrected chi connectivity index (χ0v) is 11.7. The lowest BCUT2D eigenvalue weighted by atomic mass is 10.2. The molecule has 108 valence electrons. The first-order valence-corrected chi connectivity index (χ1v) is 6.55. The number of ether oxygens (including phenoxy) is 1. The highest BCUT2D eigenvalue weighted by molar-refractivity contribution is 6.02. The fourth-order valence-electron chi connectivity index (χ4n) is 1.90. The van der Waals surface area contributed by atoms with Crippen LogP contribution in [0.4, 0.5) is 5.69 Å². The predicted octanol–water partition coefficient (Wildman–Crippen LogP) is 2.84. The van der Waals surface area contributed by atoms with Gasteiger partial charge in [-0.15, -0.1) is 0 Å². The average molecular weight is 283 g/mol. The third-order valence-electron chi connectivity index (χ3n) is 2.93. The Morgan fingerprint density at radius 2 is 2.05 bits per heavy atom. The fourth-order valence-corrected chi connectivity index (χ4v) is 1.90. The molecule has 4 nitrogen and oxygen atoms in total. The van der Waals surface area contributed by atoms with Gasteiger partial charge in [0.2, 0.25) is 5.91 Å². The standard InChI is InChI=1S/C17H17NO3/c1-21-16-8-3-2-6-14(16)9-10-17(20)18-15-7-4-5-13(11-15)12-19/h2-11,19H,12H2,1H3,(H,18,20)/b10-9+. The molecule has 0 bridgehead atoms. The van der Waals surface area contributed by atoms with Crippen LogP contribution in [0.25, 0.3) is 6.08 Å². The normalized spacial score (nSPS) is 10.6. The van der Waals surface area contributed by atoms with E-state index in [-0.39, 0.29) is 12.5 Å². The lowest BCUT2D eigenvalue weighted by molar-refractivity contribution is -0.111. The smallest absolute Gasteiger partial charge is 0.248 e. The summed E-state index contributed by atoms with van der Waals surface area (Å²) < 4.78 is 5.22. The van der Waals surface area contributed by atoms with Gasteiger partial charge in [-0.3, -0.25) is 4.79 Å². The molecule has 0 unspecified atom stereocenters. The van der Waals surface area contributed by atoms with Crippen LogP contribution in [0.5, 0.6) is 5.75 Å². The van der Waals surface area contributed by atoms with E-state index < -0.39 is 0 Å². The monoisotopic (exact) mass is 283 g/mol. The van der Waals surface area contributed by atoms with Crippen molar-refractivity contribution in [3.05, 3.63) is 65.7 Å². The van der Waals surface area contributed by atoms with Crippen molar-refractivity contribution in [2.75, 3.05) is 12.4 Å². The van der Waals surface area contributed by atoms with E-state index in [1.807, 2.05) is 24.3 Å². The lowest BCUT2D eigenvalue weighted by Gasteiger charge is -2.05.